The lowest BCUT2D eigenvalue weighted by molar-refractivity contribution is -0.0691. The summed E-state index contributed by atoms with van der Waals surface area (Å²) in [6.45, 7) is 6.62. The highest BCUT2D eigenvalue weighted by molar-refractivity contribution is 8.00. The van der Waals surface area contributed by atoms with Crippen LogP contribution in [0.2, 0.25) is 0 Å². The summed E-state index contributed by atoms with van der Waals surface area (Å²) in [6.07, 6.45) is -0.447. The molecule has 0 radical (unpaired) electrons. The molecular formula is C16H20F3NO3S. The van der Waals surface area contributed by atoms with Crippen LogP contribution in [0.3, 0.4) is 0 Å². The number of likely N-dealkylation sites (tertiary alicyclic amines) is 1. The van der Waals surface area contributed by atoms with Crippen LogP contribution in [0.1, 0.15) is 26.3 Å². The Hall–Kier alpha value is -1.41. The highest BCUT2D eigenvalue weighted by Gasteiger charge is 2.34. The zero-order chi connectivity index (χ0) is 18.0. The van der Waals surface area contributed by atoms with Crippen molar-refractivity contribution in [2.45, 2.75) is 49.5 Å². The van der Waals surface area contributed by atoms with Crippen LogP contribution < -0.4 is 0 Å². The number of rotatable bonds is 4. The summed E-state index contributed by atoms with van der Waals surface area (Å²) in [6, 6.07) is 6.06. The Morgan fingerprint density at radius 1 is 1.21 bits per heavy atom. The summed E-state index contributed by atoms with van der Waals surface area (Å²) < 4.78 is 47.6. The molecule has 8 heteroatoms. The molecule has 0 aromatic heterocycles. The predicted molar refractivity (Wildman–Crippen MR) is 84.7 cm³/mol. The van der Waals surface area contributed by atoms with Gasteiger partial charge in [-0.1, -0.05) is 12.1 Å². The van der Waals surface area contributed by atoms with Crippen LogP contribution in [0.15, 0.2) is 29.2 Å². The SMILES string of the molecule is CC(C)(C)OC(=O)N1CC(OCc2ccc(SC(F)(F)F)cc2)C1. The van der Waals surface area contributed by atoms with Crippen molar-refractivity contribution in [1.29, 1.82) is 0 Å². The second kappa shape index (κ2) is 7.23. The number of nitrogens with zero attached hydrogens (tertiary/aromatic N) is 1. The van der Waals surface area contributed by atoms with Crippen LogP contribution in [-0.4, -0.2) is 41.3 Å². The molecule has 1 fully saturated rings. The summed E-state index contributed by atoms with van der Waals surface area (Å²) in [4.78, 5) is 13.5. The maximum atomic E-state index is 12.2. The van der Waals surface area contributed by atoms with Crippen molar-refractivity contribution in [2.24, 2.45) is 0 Å². The third kappa shape index (κ3) is 6.24. The first kappa shape index (κ1) is 18.9. The van der Waals surface area contributed by atoms with Crippen LogP contribution in [0.5, 0.6) is 0 Å². The number of thioether (sulfide) groups is 1. The Labute approximate surface area is 143 Å². The smallest absolute Gasteiger partial charge is 0.444 e. The van der Waals surface area contributed by atoms with E-state index in [9.17, 15) is 18.0 Å². The standard InChI is InChI=1S/C16H20F3NO3S/c1-15(2,3)23-14(21)20-8-12(9-20)22-10-11-4-6-13(7-5-11)24-16(17,18)19/h4-7,12H,8-10H2,1-3H3. The van der Waals surface area contributed by atoms with E-state index in [4.69, 9.17) is 9.47 Å². The van der Waals surface area contributed by atoms with E-state index in [-0.39, 0.29) is 28.9 Å². The second-order valence-corrected chi connectivity index (χ2v) is 7.65. The maximum Gasteiger partial charge on any atom is 0.446 e. The van der Waals surface area contributed by atoms with Gasteiger partial charge in [0.2, 0.25) is 0 Å². The molecule has 0 atom stereocenters. The number of halogens is 3. The molecular weight excluding hydrogens is 343 g/mol. The minimum atomic E-state index is -4.28. The van der Waals surface area contributed by atoms with E-state index in [0.29, 0.717) is 19.7 Å². The normalized spacial score (nSPS) is 16.0. The Bertz CT molecular complexity index is 563. The molecule has 4 nitrogen and oxygen atoms in total. The summed E-state index contributed by atoms with van der Waals surface area (Å²) >= 11 is -0.141. The van der Waals surface area contributed by atoms with Crippen LogP contribution in [0.4, 0.5) is 18.0 Å². The van der Waals surface area contributed by atoms with E-state index in [2.05, 4.69) is 0 Å². The summed E-state index contributed by atoms with van der Waals surface area (Å²) in [5.74, 6) is 0. The fourth-order valence-electron chi connectivity index (χ4n) is 2.02. The van der Waals surface area contributed by atoms with Crippen molar-refractivity contribution < 1.29 is 27.4 Å². The molecule has 0 spiro atoms. The minimum absolute atomic E-state index is 0.0817. The lowest BCUT2D eigenvalue weighted by Crippen LogP contribution is -2.55. The Kier molecular flexibility index (Phi) is 5.70. The average Bonchev–Trinajstić information content (AvgIpc) is 2.34. The molecule has 24 heavy (non-hydrogen) atoms. The lowest BCUT2D eigenvalue weighted by Gasteiger charge is -2.39. The molecule has 0 saturated carbocycles. The van der Waals surface area contributed by atoms with E-state index in [1.807, 2.05) is 0 Å². The number of amides is 1. The van der Waals surface area contributed by atoms with Gasteiger partial charge in [0.15, 0.2) is 0 Å². The van der Waals surface area contributed by atoms with Gasteiger partial charge in [-0.2, -0.15) is 13.2 Å². The summed E-state index contributed by atoms with van der Waals surface area (Å²) in [5.41, 5.74) is -4.02. The molecule has 1 heterocycles. The van der Waals surface area contributed by atoms with Gasteiger partial charge in [-0.25, -0.2) is 4.79 Å². The molecule has 0 N–H and O–H groups in total. The van der Waals surface area contributed by atoms with Crippen molar-refractivity contribution in [1.82, 2.24) is 4.90 Å². The Morgan fingerprint density at radius 2 is 1.79 bits per heavy atom. The topological polar surface area (TPSA) is 38.8 Å². The molecule has 1 amide bonds. The van der Waals surface area contributed by atoms with Gasteiger partial charge in [0.25, 0.3) is 0 Å². The summed E-state index contributed by atoms with van der Waals surface area (Å²) in [5, 5.41) is 0. The van der Waals surface area contributed by atoms with E-state index < -0.39 is 11.1 Å². The molecule has 134 valence electrons. The first-order valence-electron chi connectivity index (χ1n) is 7.46. The van der Waals surface area contributed by atoms with Gasteiger partial charge in [-0.05, 0) is 50.2 Å². The minimum Gasteiger partial charge on any atom is -0.444 e. The van der Waals surface area contributed by atoms with E-state index in [1.54, 1.807) is 37.8 Å². The number of alkyl halides is 3. The molecule has 1 saturated heterocycles. The average molecular weight is 363 g/mol. The fourth-order valence-corrected chi connectivity index (χ4v) is 2.56. The third-order valence-corrected chi connectivity index (χ3v) is 3.88. The van der Waals surface area contributed by atoms with Crippen molar-refractivity contribution in [2.75, 3.05) is 13.1 Å². The zero-order valence-electron chi connectivity index (χ0n) is 13.7. The molecule has 2 rings (SSSR count). The molecule has 1 aromatic rings. The quantitative estimate of drug-likeness (QED) is 0.742. The third-order valence-electron chi connectivity index (χ3n) is 3.14. The highest BCUT2D eigenvalue weighted by atomic mass is 32.2. The van der Waals surface area contributed by atoms with Crippen molar-refractivity contribution in [3.8, 4) is 0 Å². The van der Waals surface area contributed by atoms with Crippen molar-refractivity contribution >= 4 is 17.9 Å². The zero-order valence-corrected chi connectivity index (χ0v) is 14.5. The van der Waals surface area contributed by atoms with Gasteiger partial charge in [0.05, 0.1) is 25.8 Å². The summed E-state index contributed by atoms with van der Waals surface area (Å²) in [7, 11) is 0. The van der Waals surface area contributed by atoms with Gasteiger partial charge in [-0.15, -0.1) is 0 Å². The van der Waals surface area contributed by atoms with Gasteiger partial charge in [0.1, 0.15) is 5.60 Å². The van der Waals surface area contributed by atoms with E-state index >= 15 is 0 Å². The first-order chi connectivity index (χ1) is 11.0. The molecule has 1 aliphatic rings. The highest BCUT2D eigenvalue weighted by Crippen LogP contribution is 2.36. The number of benzene rings is 1. The fraction of sp³-hybridized carbons (Fsp3) is 0.562. The molecule has 1 aromatic carbocycles. The number of carbonyl (C=O) groups excluding carboxylic acids is 1. The number of ether oxygens (including phenoxy) is 2. The van der Waals surface area contributed by atoms with Gasteiger partial charge >= 0.3 is 11.6 Å². The Morgan fingerprint density at radius 3 is 2.29 bits per heavy atom. The van der Waals surface area contributed by atoms with Crippen LogP contribution >= 0.6 is 11.8 Å². The second-order valence-electron chi connectivity index (χ2n) is 6.51. The van der Waals surface area contributed by atoms with Crippen LogP contribution in [0.25, 0.3) is 0 Å². The number of carbonyl (C=O) groups is 1. The van der Waals surface area contributed by atoms with Gasteiger partial charge < -0.3 is 14.4 Å². The number of hydrogen-bond donors (Lipinski definition) is 0. The molecule has 0 aliphatic carbocycles. The first-order valence-corrected chi connectivity index (χ1v) is 8.28. The molecule has 1 aliphatic heterocycles. The number of hydrogen-bond acceptors (Lipinski definition) is 4. The van der Waals surface area contributed by atoms with Crippen LogP contribution in [-0.2, 0) is 16.1 Å². The monoisotopic (exact) mass is 363 g/mol. The predicted octanol–water partition coefficient (Wildman–Crippen LogP) is 4.43. The largest absolute Gasteiger partial charge is 0.446 e. The van der Waals surface area contributed by atoms with Gasteiger partial charge in [0, 0.05) is 4.90 Å². The molecule has 0 bridgehead atoms. The van der Waals surface area contributed by atoms with E-state index in [0.717, 1.165) is 5.56 Å². The van der Waals surface area contributed by atoms with E-state index in [1.165, 1.54) is 12.1 Å². The van der Waals surface area contributed by atoms with Crippen molar-refractivity contribution in [3.63, 3.8) is 0 Å². The maximum absolute atomic E-state index is 12.2. The molecule has 0 unspecified atom stereocenters. The van der Waals surface area contributed by atoms with Crippen LogP contribution in [0, 0.1) is 0 Å². The Balaban J connectivity index is 1.71. The van der Waals surface area contributed by atoms with Crippen molar-refractivity contribution in [3.05, 3.63) is 29.8 Å². The van der Waals surface area contributed by atoms with Gasteiger partial charge in [-0.3, -0.25) is 0 Å². The lowest BCUT2D eigenvalue weighted by atomic mass is 10.1.